The molecule has 0 aliphatic rings. The summed E-state index contributed by atoms with van der Waals surface area (Å²) < 4.78 is 5.83. The Morgan fingerprint density at radius 2 is 1.94 bits per heavy atom. The largest absolute Gasteiger partial charge is 0.374 e. The van der Waals surface area contributed by atoms with E-state index in [0.29, 0.717) is 6.10 Å². The van der Waals surface area contributed by atoms with E-state index in [1.54, 1.807) is 0 Å². The standard InChI is InChI=1S/C16H27NO/c1-4-7-14(3)18-13-16-9-6-8-15(11-16)12-17-10-5-2/h6,8-9,11,14,17H,4-5,7,10,12-13H2,1-3H3. The van der Waals surface area contributed by atoms with E-state index in [-0.39, 0.29) is 0 Å². The van der Waals surface area contributed by atoms with Crippen LogP contribution in [-0.4, -0.2) is 12.6 Å². The monoisotopic (exact) mass is 249 g/mol. The summed E-state index contributed by atoms with van der Waals surface area (Å²) in [6.45, 7) is 9.28. The smallest absolute Gasteiger partial charge is 0.0720 e. The molecule has 1 atom stereocenters. The molecule has 0 bridgehead atoms. The van der Waals surface area contributed by atoms with Gasteiger partial charge in [0.1, 0.15) is 0 Å². The lowest BCUT2D eigenvalue weighted by atomic mass is 10.1. The molecule has 1 aromatic rings. The molecule has 1 aromatic carbocycles. The number of rotatable bonds is 9. The Hall–Kier alpha value is -0.860. The van der Waals surface area contributed by atoms with Gasteiger partial charge in [-0.1, -0.05) is 44.5 Å². The van der Waals surface area contributed by atoms with Crippen molar-refractivity contribution in [2.24, 2.45) is 0 Å². The van der Waals surface area contributed by atoms with Gasteiger partial charge in [0.15, 0.2) is 0 Å². The molecule has 2 heteroatoms. The first-order valence-corrected chi connectivity index (χ1v) is 7.16. The molecule has 102 valence electrons. The fraction of sp³-hybridized carbons (Fsp3) is 0.625. The van der Waals surface area contributed by atoms with Gasteiger partial charge in [-0.15, -0.1) is 0 Å². The molecule has 0 spiro atoms. The maximum atomic E-state index is 5.83. The van der Waals surface area contributed by atoms with E-state index < -0.39 is 0 Å². The predicted molar refractivity (Wildman–Crippen MR) is 77.6 cm³/mol. The molecule has 0 aromatic heterocycles. The Bertz CT molecular complexity index is 325. The Morgan fingerprint density at radius 1 is 1.17 bits per heavy atom. The van der Waals surface area contributed by atoms with Crippen LogP contribution in [0.4, 0.5) is 0 Å². The highest BCUT2D eigenvalue weighted by molar-refractivity contribution is 5.22. The van der Waals surface area contributed by atoms with E-state index in [0.717, 1.165) is 26.1 Å². The zero-order chi connectivity index (χ0) is 13.2. The molecule has 0 aliphatic carbocycles. The molecule has 0 aliphatic heterocycles. The average Bonchev–Trinajstić information content (AvgIpc) is 2.38. The summed E-state index contributed by atoms with van der Waals surface area (Å²) in [6.07, 6.45) is 3.86. The third kappa shape index (κ3) is 6.18. The molecule has 2 nitrogen and oxygen atoms in total. The van der Waals surface area contributed by atoms with Crippen LogP contribution in [0.15, 0.2) is 24.3 Å². The minimum atomic E-state index is 0.358. The van der Waals surface area contributed by atoms with Crippen LogP contribution in [-0.2, 0) is 17.9 Å². The Kier molecular flexibility index (Phi) is 7.70. The minimum absolute atomic E-state index is 0.358. The predicted octanol–water partition coefficient (Wildman–Crippen LogP) is 3.89. The third-order valence-electron chi connectivity index (χ3n) is 2.98. The first kappa shape index (κ1) is 15.2. The van der Waals surface area contributed by atoms with Gasteiger partial charge in [-0.25, -0.2) is 0 Å². The van der Waals surface area contributed by atoms with E-state index in [4.69, 9.17) is 4.74 Å². The van der Waals surface area contributed by atoms with Crippen molar-refractivity contribution in [1.82, 2.24) is 5.32 Å². The first-order valence-electron chi connectivity index (χ1n) is 7.16. The molecule has 0 amide bonds. The number of hydrogen-bond donors (Lipinski definition) is 1. The molecule has 1 rings (SSSR count). The fourth-order valence-electron chi connectivity index (χ4n) is 1.97. The third-order valence-corrected chi connectivity index (χ3v) is 2.98. The maximum Gasteiger partial charge on any atom is 0.0720 e. The second kappa shape index (κ2) is 9.12. The van der Waals surface area contributed by atoms with Crippen LogP contribution in [0.1, 0.15) is 51.2 Å². The van der Waals surface area contributed by atoms with Crippen molar-refractivity contribution in [3.63, 3.8) is 0 Å². The summed E-state index contributed by atoms with van der Waals surface area (Å²) in [5, 5.41) is 3.42. The van der Waals surface area contributed by atoms with Gasteiger partial charge in [-0.3, -0.25) is 0 Å². The van der Waals surface area contributed by atoms with Crippen LogP contribution in [0.5, 0.6) is 0 Å². The highest BCUT2D eigenvalue weighted by atomic mass is 16.5. The minimum Gasteiger partial charge on any atom is -0.374 e. The van der Waals surface area contributed by atoms with Gasteiger partial charge in [-0.2, -0.15) is 0 Å². The van der Waals surface area contributed by atoms with Crippen molar-refractivity contribution < 1.29 is 4.74 Å². The van der Waals surface area contributed by atoms with Gasteiger partial charge < -0.3 is 10.1 Å². The normalized spacial score (nSPS) is 12.6. The number of hydrogen-bond acceptors (Lipinski definition) is 2. The van der Waals surface area contributed by atoms with Gasteiger partial charge in [-0.05, 0) is 37.4 Å². The van der Waals surface area contributed by atoms with Crippen LogP contribution in [0.3, 0.4) is 0 Å². The molecule has 18 heavy (non-hydrogen) atoms. The van der Waals surface area contributed by atoms with Gasteiger partial charge in [0.05, 0.1) is 12.7 Å². The lowest BCUT2D eigenvalue weighted by Gasteiger charge is -2.12. The Morgan fingerprint density at radius 3 is 2.67 bits per heavy atom. The van der Waals surface area contributed by atoms with Crippen molar-refractivity contribution in [1.29, 1.82) is 0 Å². The van der Waals surface area contributed by atoms with Crippen molar-refractivity contribution >= 4 is 0 Å². The zero-order valence-electron chi connectivity index (χ0n) is 12.0. The van der Waals surface area contributed by atoms with Gasteiger partial charge >= 0.3 is 0 Å². The molecule has 0 fully saturated rings. The topological polar surface area (TPSA) is 21.3 Å². The lowest BCUT2D eigenvalue weighted by Crippen LogP contribution is -2.14. The molecular formula is C16H27NO. The molecule has 0 radical (unpaired) electrons. The average molecular weight is 249 g/mol. The fourth-order valence-corrected chi connectivity index (χ4v) is 1.97. The molecule has 1 N–H and O–H groups in total. The Balaban J connectivity index is 2.39. The number of benzene rings is 1. The van der Waals surface area contributed by atoms with E-state index in [1.807, 2.05) is 0 Å². The Labute approximate surface area is 112 Å². The number of nitrogens with one attached hydrogen (secondary N) is 1. The summed E-state index contributed by atoms with van der Waals surface area (Å²) in [5.41, 5.74) is 2.61. The SMILES string of the molecule is CCCNCc1cccc(COC(C)CCC)c1. The highest BCUT2D eigenvalue weighted by Crippen LogP contribution is 2.09. The first-order chi connectivity index (χ1) is 8.76. The van der Waals surface area contributed by atoms with Crippen LogP contribution in [0, 0.1) is 0 Å². The maximum absolute atomic E-state index is 5.83. The number of ether oxygens (including phenoxy) is 1. The molecular weight excluding hydrogens is 222 g/mol. The van der Waals surface area contributed by atoms with Gasteiger partial charge in [0.25, 0.3) is 0 Å². The van der Waals surface area contributed by atoms with Crippen molar-refractivity contribution in [3.8, 4) is 0 Å². The van der Waals surface area contributed by atoms with E-state index >= 15 is 0 Å². The summed E-state index contributed by atoms with van der Waals surface area (Å²) >= 11 is 0. The second-order valence-corrected chi connectivity index (χ2v) is 4.91. The molecule has 1 unspecified atom stereocenters. The van der Waals surface area contributed by atoms with Crippen LogP contribution in [0.25, 0.3) is 0 Å². The quantitative estimate of drug-likeness (QED) is 0.670. The van der Waals surface area contributed by atoms with Crippen LogP contribution >= 0.6 is 0 Å². The summed E-state index contributed by atoms with van der Waals surface area (Å²) in [7, 11) is 0. The highest BCUT2D eigenvalue weighted by Gasteiger charge is 2.02. The van der Waals surface area contributed by atoms with Crippen LogP contribution < -0.4 is 5.32 Å². The molecule has 0 heterocycles. The summed E-state index contributed by atoms with van der Waals surface area (Å²) in [5.74, 6) is 0. The second-order valence-electron chi connectivity index (χ2n) is 4.91. The van der Waals surface area contributed by atoms with Crippen molar-refractivity contribution in [2.75, 3.05) is 6.54 Å². The van der Waals surface area contributed by atoms with Gasteiger partial charge in [0, 0.05) is 6.54 Å². The van der Waals surface area contributed by atoms with Crippen molar-refractivity contribution in [3.05, 3.63) is 35.4 Å². The zero-order valence-corrected chi connectivity index (χ0v) is 12.0. The van der Waals surface area contributed by atoms with Gasteiger partial charge in [0.2, 0.25) is 0 Å². The molecule has 0 saturated carbocycles. The summed E-state index contributed by atoms with van der Waals surface area (Å²) in [4.78, 5) is 0. The van der Waals surface area contributed by atoms with E-state index in [9.17, 15) is 0 Å². The lowest BCUT2D eigenvalue weighted by molar-refractivity contribution is 0.0471. The summed E-state index contributed by atoms with van der Waals surface area (Å²) in [6, 6.07) is 8.66. The van der Waals surface area contributed by atoms with E-state index in [1.165, 1.54) is 24.0 Å². The van der Waals surface area contributed by atoms with Crippen LogP contribution in [0.2, 0.25) is 0 Å². The van der Waals surface area contributed by atoms with Crippen molar-refractivity contribution in [2.45, 2.75) is 59.3 Å². The molecule has 0 saturated heterocycles. The van der Waals surface area contributed by atoms with E-state index in [2.05, 4.69) is 50.4 Å².